The van der Waals surface area contributed by atoms with Gasteiger partial charge in [-0.25, -0.2) is 4.79 Å². The molecule has 2 N–H and O–H groups in total. The Balaban J connectivity index is 2.04. The maximum absolute atomic E-state index is 12.1. The largest absolute Gasteiger partial charge is 0.496 e. The average molecular weight is 386 g/mol. The summed E-state index contributed by atoms with van der Waals surface area (Å²) in [5.74, 6) is -0.837. The molecule has 2 unspecified atom stereocenters. The van der Waals surface area contributed by atoms with E-state index in [2.05, 4.69) is 21.2 Å². The number of aliphatic carboxylic acids is 1. The highest BCUT2D eigenvalue weighted by atomic mass is 79.9. The number of hydrogen-bond acceptors (Lipinski definition) is 4. The van der Waals surface area contributed by atoms with Gasteiger partial charge in [-0.15, -0.1) is 0 Å². The Kier molecular flexibility index (Phi) is 6.41. The third-order valence-electron chi connectivity index (χ3n) is 3.75. The molecule has 23 heavy (non-hydrogen) atoms. The molecule has 1 heterocycles. The molecule has 0 bridgehead atoms. The number of rotatable bonds is 6. The quantitative estimate of drug-likeness (QED) is 0.785. The van der Waals surface area contributed by atoms with E-state index in [0.29, 0.717) is 22.4 Å². The normalized spacial score (nSPS) is 19.0. The first-order valence-electron chi connectivity index (χ1n) is 7.48. The molecule has 126 valence electrons. The second-order valence-corrected chi connectivity index (χ2v) is 6.28. The number of halogens is 1. The van der Waals surface area contributed by atoms with E-state index in [-0.39, 0.29) is 18.4 Å². The smallest absolute Gasteiger partial charge is 0.330 e. The number of hydrogen-bond donors (Lipinski definition) is 2. The molecular formula is C16H20BrNO5. The first-order valence-corrected chi connectivity index (χ1v) is 8.27. The molecule has 1 amide bonds. The summed E-state index contributed by atoms with van der Waals surface area (Å²) in [6.07, 6.45) is 2.93. The summed E-state index contributed by atoms with van der Waals surface area (Å²) in [6.45, 7) is 0.658. The lowest BCUT2D eigenvalue weighted by atomic mass is 10.0. The first kappa shape index (κ1) is 17.7. The molecule has 0 spiro atoms. The van der Waals surface area contributed by atoms with Gasteiger partial charge in [0, 0.05) is 6.61 Å². The second kappa shape index (κ2) is 8.31. The summed E-state index contributed by atoms with van der Waals surface area (Å²) < 4.78 is 11.3. The molecule has 1 aromatic carbocycles. The van der Waals surface area contributed by atoms with Crippen LogP contribution in [0.3, 0.4) is 0 Å². The van der Waals surface area contributed by atoms with Crippen molar-refractivity contribution in [2.45, 2.75) is 37.8 Å². The van der Waals surface area contributed by atoms with Crippen LogP contribution < -0.4 is 10.1 Å². The van der Waals surface area contributed by atoms with Gasteiger partial charge in [0.25, 0.3) is 0 Å². The molecule has 0 radical (unpaired) electrons. The molecule has 1 fully saturated rings. The van der Waals surface area contributed by atoms with Crippen LogP contribution in [0.25, 0.3) is 0 Å². The van der Waals surface area contributed by atoms with Crippen LogP contribution in [-0.2, 0) is 14.3 Å². The van der Waals surface area contributed by atoms with Crippen molar-refractivity contribution >= 4 is 27.8 Å². The number of benzene rings is 1. The SMILES string of the molecule is COc1ccc(C(NC(=O)CC2CCCCO2)C(=O)O)cc1Br. The van der Waals surface area contributed by atoms with Crippen LogP contribution in [0.15, 0.2) is 22.7 Å². The summed E-state index contributed by atoms with van der Waals surface area (Å²) in [5.41, 5.74) is 0.475. The van der Waals surface area contributed by atoms with Gasteiger partial charge in [0.1, 0.15) is 5.75 Å². The van der Waals surface area contributed by atoms with Crippen molar-refractivity contribution in [2.75, 3.05) is 13.7 Å². The second-order valence-electron chi connectivity index (χ2n) is 5.43. The Morgan fingerprint density at radius 1 is 1.48 bits per heavy atom. The Morgan fingerprint density at radius 2 is 2.26 bits per heavy atom. The highest BCUT2D eigenvalue weighted by Crippen LogP contribution is 2.28. The summed E-state index contributed by atoms with van der Waals surface area (Å²) in [7, 11) is 1.53. The van der Waals surface area contributed by atoms with E-state index in [1.54, 1.807) is 18.2 Å². The van der Waals surface area contributed by atoms with Crippen molar-refractivity contribution in [2.24, 2.45) is 0 Å². The fourth-order valence-corrected chi connectivity index (χ4v) is 3.10. The monoisotopic (exact) mass is 385 g/mol. The van der Waals surface area contributed by atoms with E-state index in [9.17, 15) is 14.7 Å². The Hall–Kier alpha value is -1.60. The summed E-state index contributed by atoms with van der Waals surface area (Å²) >= 11 is 3.32. The number of carboxylic acids is 1. The van der Waals surface area contributed by atoms with E-state index in [0.717, 1.165) is 19.3 Å². The Labute approximate surface area is 143 Å². The highest BCUT2D eigenvalue weighted by Gasteiger charge is 2.25. The highest BCUT2D eigenvalue weighted by molar-refractivity contribution is 9.10. The molecule has 2 rings (SSSR count). The number of methoxy groups -OCH3 is 1. The zero-order valence-corrected chi connectivity index (χ0v) is 14.5. The minimum Gasteiger partial charge on any atom is -0.496 e. The maximum Gasteiger partial charge on any atom is 0.330 e. The number of ether oxygens (including phenoxy) is 2. The zero-order valence-electron chi connectivity index (χ0n) is 12.9. The van der Waals surface area contributed by atoms with Gasteiger partial charge >= 0.3 is 5.97 Å². The number of nitrogens with one attached hydrogen (secondary N) is 1. The van der Waals surface area contributed by atoms with Gasteiger partial charge in [-0.2, -0.15) is 0 Å². The Bertz CT molecular complexity index is 572. The van der Waals surface area contributed by atoms with Gasteiger partial charge in [0.2, 0.25) is 5.91 Å². The average Bonchev–Trinajstić information content (AvgIpc) is 2.53. The lowest BCUT2D eigenvalue weighted by Gasteiger charge is -2.23. The van der Waals surface area contributed by atoms with Crippen molar-refractivity contribution in [3.8, 4) is 5.75 Å². The first-order chi connectivity index (χ1) is 11.0. The third-order valence-corrected chi connectivity index (χ3v) is 4.37. The van der Waals surface area contributed by atoms with Gasteiger partial charge in [-0.05, 0) is 52.9 Å². The molecule has 0 saturated carbocycles. The Morgan fingerprint density at radius 3 is 2.83 bits per heavy atom. The third kappa shape index (κ3) is 4.94. The van der Waals surface area contributed by atoms with E-state index in [1.165, 1.54) is 7.11 Å². The molecule has 6 nitrogen and oxygen atoms in total. The maximum atomic E-state index is 12.1. The number of carbonyl (C=O) groups is 2. The minimum atomic E-state index is -1.11. The van der Waals surface area contributed by atoms with Crippen LogP contribution in [0.1, 0.15) is 37.3 Å². The van der Waals surface area contributed by atoms with Crippen LogP contribution in [0.2, 0.25) is 0 Å². The summed E-state index contributed by atoms with van der Waals surface area (Å²) in [4.78, 5) is 23.6. The molecule has 0 aliphatic carbocycles. The van der Waals surface area contributed by atoms with Crippen LogP contribution in [0, 0.1) is 0 Å². The standard InChI is InChI=1S/C16H20BrNO5/c1-22-13-6-5-10(8-12(13)17)15(16(20)21)18-14(19)9-11-4-2-3-7-23-11/h5-6,8,11,15H,2-4,7,9H2,1H3,(H,18,19)(H,20,21). The molecule has 1 aliphatic heterocycles. The van der Waals surface area contributed by atoms with Gasteiger partial charge in [0.15, 0.2) is 6.04 Å². The minimum absolute atomic E-state index is 0.124. The van der Waals surface area contributed by atoms with Crippen molar-refractivity contribution in [3.63, 3.8) is 0 Å². The predicted molar refractivity (Wildman–Crippen MR) is 87.4 cm³/mol. The number of carboxylic acid groups (broad SMARTS) is 1. The summed E-state index contributed by atoms with van der Waals surface area (Å²) in [5, 5.41) is 12.0. The van der Waals surface area contributed by atoms with Crippen molar-refractivity contribution in [3.05, 3.63) is 28.2 Å². The van der Waals surface area contributed by atoms with Crippen LogP contribution in [0.5, 0.6) is 5.75 Å². The fourth-order valence-electron chi connectivity index (χ4n) is 2.54. The molecule has 2 atom stereocenters. The van der Waals surface area contributed by atoms with Crippen LogP contribution in [0.4, 0.5) is 0 Å². The lowest BCUT2D eigenvalue weighted by Crippen LogP contribution is -2.36. The number of amides is 1. The molecule has 1 aromatic rings. The molecule has 0 aromatic heterocycles. The predicted octanol–water partition coefficient (Wildman–Crippen LogP) is 2.66. The van der Waals surface area contributed by atoms with E-state index in [1.807, 2.05) is 0 Å². The molecule has 7 heteroatoms. The molecular weight excluding hydrogens is 366 g/mol. The lowest BCUT2D eigenvalue weighted by molar-refractivity contribution is -0.142. The van der Waals surface area contributed by atoms with Crippen molar-refractivity contribution < 1.29 is 24.2 Å². The molecule has 1 aliphatic rings. The molecule has 1 saturated heterocycles. The van der Waals surface area contributed by atoms with Crippen molar-refractivity contribution in [1.29, 1.82) is 0 Å². The van der Waals surface area contributed by atoms with E-state index < -0.39 is 12.0 Å². The van der Waals surface area contributed by atoms with Crippen LogP contribution in [-0.4, -0.2) is 36.8 Å². The van der Waals surface area contributed by atoms with Crippen molar-refractivity contribution in [1.82, 2.24) is 5.32 Å². The number of carbonyl (C=O) groups excluding carboxylic acids is 1. The summed E-state index contributed by atoms with van der Waals surface area (Å²) in [6, 6.07) is 3.81. The van der Waals surface area contributed by atoms with E-state index in [4.69, 9.17) is 9.47 Å². The van der Waals surface area contributed by atoms with Gasteiger partial charge in [0.05, 0.1) is 24.1 Å². The topological polar surface area (TPSA) is 84.9 Å². The fraction of sp³-hybridized carbons (Fsp3) is 0.500. The van der Waals surface area contributed by atoms with E-state index >= 15 is 0 Å². The van der Waals surface area contributed by atoms with Gasteiger partial charge < -0.3 is 19.9 Å². The zero-order chi connectivity index (χ0) is 16.8. The van der Waals surface area contributed by atoms with Crippen LogP contribution >= 0.6 is 15.9 Å². The van der Waals surface area contributed by atoms with Gasteiger partial charge in [-0.3, -0.25) is 4.79 Å². The van der Waals surface area contributed by atoms with Gasteiger partial charge in [-0.1, -0.05) is 6.07 Å².